The first-order valence-corrected chi connectivity index (χ1v) is 21.4. The van der Waals surface area contributed by atoms with Crippen molar-refractivity contribution in [3.8, 4) is 11.5 Å². The van der Waals surface area contributed by atoms with Crippen LogP contribution in [0.25, 0.3) is 21.9 Å². The van der Waals surface area contributed by atoms with E-state index in [9.17, 15) is 49.2 Å². The Labute approximate surface area is 378 Å². The number of carbonyl (C=O) groups excluding carboxylic acids is 4. The van der Waals surface area contributed by atoms with E-state index in [-0.39, 0.29) is 59.7 Å². The van der Waals surface area contributed by atoms with Crippen LogP contribution in [0, 0.1) is 13.8 Å². The molecular formula is C46H56N2O18. The Morgan fingerprint density at radius 2 is 0.955 bits per heavy atom. The molecule has 358 valence electrons. The van der Waals surface area contributed by atoms with Crippen molar-refractivity contribution in [2.45, 2.75) is 140 Å². The van der Waals surface area contributed by atoms with Crippen molar-refractivity contribution in [2.75, 3.05) is 24.9 Å². The first kappa shape index (κ1) is 49.8. The Bertz CT molecular complexity index is 2420. The van der Waals surface area contributed by atoms with Gasteiger partial charge in [-0.3, -0.25) is 19.2 Å². The molecule has 0 spiro atoms. The Kier molecular flexibility index (Phi) is 15.2. The van der Waals surface area contributed by atoms with Gasteiger partial charge in [0.2, 0.25) is 24.1 Å². The zero-order valence-electron chi connectivity index (χ0n) is 37.8. The van der Waals surface area contributed by atoms with E-state index in [2.05, 4.69) is 10.6 Å². The summed E-state index contributed by atoms with van der Waals surface area (Å²) in [6.45, 7) is 9.94. The fourth-order valence-corrected chi connectivity index (χ4v) is 8.24. The second kappa shape index (κ2) is 20.1. The standard InChI is InChI=1S/C46H56N2O18/c1-21-29(61-43-33(53)31(51)37(59-7)45(3,4)65-43)17-15-23-19-25(41(57)63-35(21)23)47-39(55)27(49)13-11-9-10-12-14-28(50)40(56)48-26-20-24-16-18-30(22(2)36(24)64-42(26)58)62-44-34(54)32(52)38(60-8)46(5,6)66-44/h15-20,31-34,37-38,43-44,51-54H,9-14H2,1-8H3,(H,47,55)(H,48,56)/t31-,32-,33+,34+,37+,38+,43+,44+/m0/s1. The van der Waals surface area contributed by atoms with Crippen molar-refractivity contribution in [3.63, 3.8) is 0 Å². The zero-order chi connectivity index (χ0) is 48.4. The topological polar surface area (TPSA) is 289 Å². The molecule has 0 unspecified atom stereocenters. The number of aryl methyl sites for hydroxylation is 2. The van der Waals surface area contributed by atoms with Crippen molar-refractivity contribution < 1.29 is 76.9 Å². The summed E-state index contributed by atoms with van der Waals surface area (Å²) in [5, 5.41) is 47.8. The average molecular weight is 925 g/mol. The van der Waals surface area contributed by atoms with Gasteiger partial charge < -0.3 is 68.3 Å². The molecule has 66 heavy (non-hydrogen) atoms. The summed E-state index contributed by atoms with van der Waals surface area (Å²) in [6, 6.07) is 8.88. The van der Waals surface area contributed by atoms with Crippen LogP contribution >= 0.6 is 0 Å². The predicted octanol–water partition coefficient (Wildman–Crippen LogP) is 3.07. The minimum absolute atomic E-state index is 0.122. The molecule has 4 heterocycles. The third kappa shape index (κ3) is 10.5. The van der Waals surface area contributed by atoms with E-state index in [1.807, 2.05) is 0 Å². The van der Waals surface area contributed by atoms with Gasteiger partial charge in [0.05, 0.1) is 11.2 Å². The summed E-state index contributed by atoms with van der Waals surface area (Å²) in [4.78, 5) is 76.5. The number of benzene rings is 2. The van der Waals surface area contributed by atoms with Gasteiger partial charge in [-0.05, 0) is 90.8 Å². The Hall–Kier alpha value is -5.58. The summed E-state index contributed by atoms with van der Waals surface area (Å²) in [7, 11) is 2.78. The van der Waals surface area contributed by atoms with Crippen LogP contribution in [0.2, 0.25) is 0 Å². The van der Waals surface area contributed by atoms with Gasteiger partial charge in [0.25, 0.3) is 11.8 Å². The van der Waals surface area contributed by atoms with Crippen LogP contribution in [-0.4, -0.2) is 118 Å². The highest BCUT2D eigenvalue weighted by Gasteiger charge is 2.52. The highest BCUT2D eigenvalue weighted by atomic mass is 16.7. The molecule has 2 aliphatic heterocycles. The first-order valence-electron chi connectivity index (χ1n) is 21.4. The van der Waals surface area contributed by atoms with Gasteiger partial charge in [-0.25, -0.2) is 9.59 Å². The lowest BCUT2D eigenvalue weighted by molar-refractivity contribution is -0.306. The SMILES string of the molecule is CO[C@@H]1[C@@H](O)[C@@H](O)[C@H](Oc2ccc3cc(NC(=O)C(=O)CCCCCCC(=O)C(=O)Nc4cc5ccc(O[C@@H]6OC(C)(C)[C@H](OC)[C@@H](O)[C@H]6O)c(C)c5oc4=O)c(=O)oc3c2C)OC1(C)C. The molecule has 2 aliphatic rings. The Morgan fingerprint density at radius 1 is 0.591 bits per heavy atom. The Morgan fingerprint density at radius 3 is 1.30 bits per heavy atom. The number of rotatable bonds is 17. The van der Waals surface area contributed by atoms with Crippen LogP contribution in [0.1, 0.15) is 77.3 Å². The number of methoxy groups -OCH3 is 2. The normalized spacial score (nSPS) is 24.7. The quantitative estimate of drug-likeness (QED) is 0.0504. The van der Waals surface area contributed by atoms with Crippen molar-refractivity contribution in [1.29, 1.82) is 0 Å². The van der Waals surface area contributed by atoms with Crippen LogP contribution in [0.4, 0.5) is 11.4 Å². The van der Waals surface area contributed by atoms with Crippen molar-refractivity contribution >= 4 is 56.7 Å². The zero-order valence-corrected chi connectivity index (χ0v) is 37.8. The number of hydrogen-bond donors (Lipinski definition) is 6. The van der Waals surface area contributed by atoms with Gasteiger partial charge >= 0.3 is 11.3 Å². The van der Waals surface area contributed by atoms with Crippen LogP contribution in [-0.2, 0) is 38.1 Å². The highest BCUT2D eigenvalue weighted by molar-refractivity contribution is 6.41. The number of amides is 2. The summed E-state index contributed by atoms with van der Waals surface area (Å²) in [5.74, 6) is -3.22. The molecule has 2 aromatic heterocycles. The maximum Gasteiger partial charge on any atom is 0.360 e. The monoisotopic (exact) mass is 924 g/mol. The van der Waals surface area contributed by atoms with E-state index in [1.54, 1.807) is 65.8 Å². The number of carbonyl (C=O) groups is 4. The average Bonchev–Trinajstić information content (AvgIpc) is 3.25. The molecule has 6 N–H and O–H groups in total. The molecule has 20 heteroatoms. The molecular weight excluding hydrogens is 869 g/mol. The fourth-order valence-electron chi connectivity index (χ4n) is 8.24. The molecule has 6 rings (SSSR count). The molecule has 0 bridgehead atoms. The molecule has 0 aliphatic carbocycles. The maximum atomic E-state index is 12.9. The minimum Gasteiger partial charge on any atom is -0.462 e. The van der Waals surface area contributed by atoms with Crippen molar-refractivity contribution in [3.05, 3.63) is 68.4 Å². The smallest absolute Gasteiger partial charge is 0.360 e. The number of aliphatic hydroxyl groups is 4. The number of aliphatic hydroxyl groups excluding tert-OH is 4. The summed E-state index contributed by atoms with van der Waals surface area (Å²) < 4.78 is 45.1. The van der Waals surface area contributed by atoms with Crippen molar-refractivity contribution in [1.82, 2.24) is 0 Å². The van der Waals surface area contributed by atoms with Crippen LogP contribution in [0.15, 0.2) is 54.8 Å². The maximum absolute atomic E-state index is 12.9. The second-order valence-electron chi connectivity index (χ2n) is 17.5. The number of anilines is 2. The molecule has 20 nitrogen and oxygen atoms in total. The van der Waals surface area contributed by atoms with E-state index in [0.29, 0.717) is 34.7 Å². The van der Waals surface area contributed by atoms with Gasteiger partial charge in [0.1, 0.15) is 70.7 Å². The molecule has 2 aromatic carbocycles. The van der Waals surface area contributed by atoms with Crippen LogP contribution < -0.4 is 31.4 Å². The van der Waals surface area contributed by atoms with Crippen LogP contribution in [0.3, 0.4) is 0 Å². The summed E-state index contributed by atoms with van der Waals surface area (Å²) in [6.07, 6.45) is -8.58. The number of fused-ring (bicyclic) bond motifs is 2. The lowest BCUT2D eigenvalue weighted by atomic mass is 9.89. The van der Waals surface area contributed by atoms with Gasteiger partial charge in [0.15, 0.2) is 0 Å². The molecule has 2 saturated heterocycles. The molecule has 4 aromatic rings. The summed E-state index contributed by atoms with van der Waals surface area (Å²) in [5.41, 5.74) is -3.42. The van der Waals surface area contributed by atoms with Gasteiger partial charge in [-0.2, -0.15) is 0 Å². The highest BCUT2D eigenvalue weighted by Crippen LogP contribution is 2.37. The lowest BCUT2D eigenvalue weighted by Crippen LogP contribution is -2.63. The number of Topliss-reactive ketones (excluding diaryl/α,β-unsaturated/α-hetero) is 2. The molecule has 2 amide bonds. The molecule has 0 radical (unpaired) electrons. The van der Waals surface area contributed by atoms with Crippen molar-refractivity contribution in [2.24, 2.45) is 0 Å². The summed E-state index contributed by atoms with van der Waals surface area (Å²) >= 11 is 0. The molecule has 0 saturated carbocycles. The third-order valence-corrected chi connectivity index (χ3v) is 11.8. The lowest BCUT2D eigenvalue weighted by Gasteiger charge is -2.46. The van der Waals surface area contributed by atoms with Gasteiger partial charge in [-0.15, -0.1) is 0 Å². The van der Waals surface area contributed by atoms with E-state index in [0.717, 1.165) is 0 Å². The number of ether oxygens (including phenoxy) is 6. The van der Waals surface area contributed by atoms with E-state index in [1.165, 1.54) is 26.4 Å². The van der Waals surface area contributed by atoms with Crippen LogP contribution in [0.5, 0.6) is 11.5 Å². The Balaban J connectivity index is 0.945. The number of ketones is 2. The van der Waals surface area contributed by atoms with Gasteiger partial charge in [0, 0.05) is 49.0 Å². The number of hydrogen-bond acceptors (Lipinski definition) is 18. The minimum atomic E-state index is -1.46. The largest absolute Gasteiger partial charge is 0.462 e. The fraction of sp³-hybridized carbons (Fsp3) is 0.522. The predicted molar refractivity (Wildman–Crippen MR) is 234 cm³/mol. The molecule has 8 atom stereocenters. The number of unbranched alkanes of at least 4 members (excludes halogenated alkanes) is 3. The second-order valence-corrected chi connectivity index (χ2v) is 17.5. The van der Waals surface area contributed by atoms with Gasteiger partial charge in [-0.1, -0.05) is 12.8 Å². The third-order valence-electron chi connectivity index (χ3n) is 11.8. The van der Waals surface area contributed by atoms with E-state index in [4.69, 9.17) is 37.3 Å². The van der Waals surface area contributed by atoms with E-state index >= 15 is 0 Å². The first-order chi connectivity index (χ1) is 31.1. The number of nitrogens with one attached hydrogen (secondary N) is 2. The van der Waals surface area contributed by atoms with E-state index < -0.39 is 95.0 Å². The molecule has 2 fully saturated rings.